The Morgan fingerprint density at radius 1 is 1.35 bits per heavy atom. The molecule has 2 saturated heterocycles. The quantitative estimate of drug-likeness (QED) is 0.830. The van der Waals surface area contributed by atoms with Crippen molar-refractivity contribution in [1.29, 1.82) is 0 Å². The first-order valence-corrected chi connectivity index (χ1v) is 9.59. The van der Waals surface area contributed by atoms with Crippen LogP contribution < -0.4 is 10.2 Å². The molecule has 2 amide bonds. The molecule has 2 aliphatic rings. The van der Waals surface area contributed by atoms with Crippen molar-refractivity contribution in [2.45, 2.75) is 31.4 Å². The smallest absolute Gasteiger partial charge is 0.317 e. The van der Waals surface area contributed by atoms with Crippen LogP contribution in [0.3, 0.4) is 0 Å². The number of amides is 2. The van der Waals surface area contributed by atoms with Crippen LogP contribution in [0.1, 0.15) is 19.3 Å². The molecular weight excluding hydrogens is 330 g/mol. The molecule has 1 aromatic rings. The van der Waals surface area contributed by atoms with E-state index in [9.17, 15) is 4.79 Å². The van der Waals surface area contributed by atoms with Crippen LogP contribution in [-0.2, 0) is 4.74 Å². The molecule has 1 aromatic heterocycles. The summed E-state index contributed by atoms with van der Waals surface area (Å²) in [4.78, 5) is 23.4. The van der Waals surface area contributed by atoms with Gasteiger partial charge in [0.15, 0.2) is 0 Å². The Labute approximate surface area is 156 Å². The summed E-state index contributed by atoms with van der Waals surface area (Å²) in [5.74, 6) is 0.983. The normalized spacial score (nSPS) is 23.5. The van der Waals surface area contributed by atoms with E-state index in [0.717, 1.165) is 44.7 Å². The van der Waals surface area contributed by atoms with Crippen LogP contribution in [0.25, 0.3) is 0 Å². The van der Waals surface area contributed by atoms with Crippen molar-refractivity contribution < 1.29 is 9.53 Å². The van der Waals surface area contributed by atoms with Gasteiger partial charge in [-0.25, -0.2) is 9.78 Å². The number of rotatable bonds is 6. The SMILES string of the molecule is CN(C)CCCC1CN(C(=O)NC2CCN(c3ccccn3)C2)CCO1. The molecule has 0 spiro atoms. The maximum Gasteiger partial charge on any atom is 0.317 e. The van der Waals surface area contributed by atoms with E-state index in [2.05, 4.69) is 34.2 Å². The lowest BCUT2D eigenvalue weighted by Gasteiger charge is -2.34. The second kappa shape index (κ2) is 9.19. The summed E-state index contributed by atoms with van der Waals surface area (Å²) in [5.41, 5.74) is 0. The molecule has 1 N–H and O–H groups in total. The second-order valence-corrected chi connectivity index (χ2v) is 7.45. The van der Waals surface area contributed by atoms with E-state index in [0.29, 0.717) is 19.7 Å². The van der Waals surface area contributed by atoms with E-state index in [1.165, 1.54) is 0 Å². The number of ether oxygens (including phenoxy) is 1. The number of hydrogen-bond acceptors (Lipinski definition) is 5. The predicted molar refractivity (Wildman–Crippen MR) is 102 cm³/mol. The second-order valence-electron chi connectivity index (χ2n) is 7.45. The van der Waals surface area contributed by atoms with Gasteiger partial charge in [-0.2, -0.15) is 0 Å². The number of nitrogens with one attached hydrogen (secondary N) is 1. The molecular formula is C19H31N5O2. The standard InChI is InChI=1S/C19H31N5O2/c1-22(2)10-5-6-17-15-24(12-13-26-17)19(25)21-16-8-11-23(14-16)18-7-3-4-9-20-18/h3-4,7,9,16-17H,5-6,8,10-15H2,1-2H3,(H,21,25). The van der Waals surface area contributed by atoms with E-state index >= 15 is 0 Å². The molecule has 7 nitrogen and oxygen atoms in total. The van der Waals surface area contributed by atoms with Gasteiger partial charge in [0.05, 0.1) is 12.7 Å². The summed E-state index contributed by atoms with van der Waals surface area (Å²) in [6, 6.07) is 6.16. The minimum atomic E-state index is 0.0405. The lowest BCUT2D eigenvalue weighted by Crippen LogP contribution is -2.52. The predicted octanol–water partition coefficient (Wildman–Crippen LogP) is 1.41. The van der Waals surface area contributed by atoms with Gasteiger partial charge in [0.2, 0.25) is 0 Å². The molecule has 3 heterocycles. The minimum Gasteiger partial charge on any atom is -0.375 e. The van der Waals surface area contributed by atoms with Gasteiger partial charge >= 0.3 is 6.03 Å². The van der Waals surface area contributed by atoms with Crippen molar-refractivity contribution in [3.63, 3.8) is 0 Å². The Morgan fingerprint density at radius 2 is 2.23 bits per heavy atom. The molecule has 0 aliphatic carbocycles. The Bertz CT molecular complexity index is 568. The fourth-order valence-electron chi connectivity index (χ4n) is 3.61. The molecule has 2 atom stereocenters. The molecule has 2 fully saturated rings. The number of carbonyl (C=O) groups excluding carboxylic acids is 1. The highest BCUT2D eigenvalue weighted by molar-refractivity contribution is 5.74. The number of urea groups is 1. The summed E-state index contributed by atoms with van der Waals surface area (Å²) in [6.07, 6.45) is 5.01. The van der Waals surface area contributed by atoms with Gasteiger partial charge in [0, 0.05) is 38.4 Å². The number of anilines is 1. The van der Waals surface area contributed by atoms with E-state index in [4.69, 9.17) is 4.74 Å². The number of carbonyl (C=O) groups is 1. The number of aromatic nitrogens is 1. The minimum absolute atomic E-state index is 0.0405. The highest BCUT2D eigenvalue weighted by Crippen LogP contribution is 2.18. The Kier molecular flexibility index (Phi) is 6.68. The molecule has 0 aromatic carbocycles. The highest BCUT2D eigenvalue weighted by Gasteiger charge is 2.29. The number of morpholine rings is 1. The fraction of sp³-hybridized carbons (Fsp3) is 0.684. The fourth-order valence-corrected chi connectivity index (χ4v) is 3.61. The lowest BCUT2D eigenvalue weighted by atomic mass is 10.1. The van der Waals surface area contributed by atoms with E-state index in [1.807, 2.05) is 29.3 Å². The third kappa shape index (κ3) is 5.32. The Hall–Kier alpha value is -1.86. The zero-order valence-electron chi connectivity index (χ0n) is 15.9. The summed E-state index contributed by atoms with van der Waals surface area (Å²) >= 11 is 0. The number of nitrogens with zero attached hydrogens (tertiary/aromatic N) is 4. The Morgan fingerprint density at radius 3 is 3.00 bits per heavy atom. The molecule has 0 bridgehead atoms. The van der Waals surface area contributed by atoms with Gasteiger partial charge in [-0.05, 0) is 52.0 Å². The molecule has 3 rings (SSSR count). The average molecular weight is 361 g/mol. The van der Waals surface area contributed by atoms with E-state index < -0.39 is 0 Å². The number of hydrogen-bond donors (Lipinski definition) is 1. The third-order valence-electron chi connectivity index (χ3n) is 5.05. The van der Waals surface area contributed by atoms with Crippen molar-refractivity contribution in [2.75, 3.05) is 58.3 Å². The topological polar surface area (TPSA) is 60.9 Å². The van der Waals surface area contributed by atoms with Crippen LogP contribution >= 0.6 is 0 Å². The van der Waals surface area contributed by atoms with Crippen LogP contribution in [0.4, 0.5) is 10.6 Å². The first-order valence-electron chi connectivity index (χ1n) is 9.59. The van der Waals surface area contributed by atoms with Crippen molar-refractivity contribution in [2.24, 2.45) is 0 Å². The van der Waals surface area contributed by atoms with Crippen molar-refractivity contribution in [3.05, 3.63) is 24.4 Å². The zero-order valence-corrected chi connectivity index (χ0v) is 15.9. The molecule has 0 radical (unpaired) electrons. The highest BCUT2D eigenvalue weighted by atomic mass is 16.5. The zero-order chi connectivity index (χ0) is 18.4. The lowest BCUT2D eigenvalue weighted by molar-refractivity contribution is -0.0195. The first-order chi connectivity index (χ1) is 12.6. The van der Waals surface area contributed by atoms with E-state index in [1.54, 1.807) is 0 Å². The summed E-state index contributed by atoms with van der Waals surface area (Å²) in [6.45, 7) is 4.79. The summed E-state index contributed by atoms with van der Waals surface area (Å²) < 4.78 is 5.83. The monoisotopic (exact) mass is 361 g/mol. The van der Waals surface area contributed by atoms with Gasteiger partial charge < -0.3 is 24.8 Å². The van der Waals surface area contributed by atoms with Gasteiger partial charge in [-0.15, -0.1) is 0 Å². The summed E-state index contributed by atoms with van der Waals surface area (Å²) in [5, 5.41) is 3.20. The molecule has 0 saturated carbocycles. The van der Waals surface area contributed by atoms with Crippen LogP contribution in [-0.4, -0.2) is 86.4 Å². The van der Waals surface area contributed by atoms with Crippen LogP contribution in [0.2, 0.25) is 0 Å². The maximum atomic E-state index is 12.6. The van der Waals surface area contributed by atoms with Crippen LogP contribution in [0, 0.1) is 0 Å². The molecule has 144 valence electrons. The third-order valence-corrected chi connectivity index (χ3v) is 5.05. The Balaban J connectivity index is 1.43. The van der Waals surface area contributed by atoms with Gasteiger partial charge in [0.25, 0.3) is 0 Å². The van der Waals surface area contributed by atoms with Crippen molar-refractivity contribution >= 4 is 11.8 Å². The largest absolute Gasteiger partial charge is 0.375 e. The van der Waals surface area contributed by atoms with Crippen molar-refractivity contribution in [1.82, 2.24) is 20.1 Å². The van der Waals surface area contributed by atoms with Crippen LogP contribution in [0.15, 0.2) is 24.4 Å². The number of pyridine rings is 1. The van der Waals surface area contributed by atoms with Gasteiger partial charge in [-0.1, -0.05) is 6.07 Å². The van der Waals surface area contributed by atoms with Gasteiger partial charge in [-0.3, -0.25) is 0 Å². The molecule has 7 heteroatoms. The van der Waals surface area contributed by atoms with Gasteiger partial charge in [0.1, 0.15) is 5.82 Å². The molecule has 26 heavy (non-hydrogen) atoms. The van der Waals surface area contributed by atoms with Crippen LogP contribution in [0.5, 0.6) is 0 Å². The van der Waals surface area contributed by atoms with Crippen molar-refractivity contribution in [3.8, 4) is 0 Å². The molecule has 2 aliphatic heterocycles. The average Bonchev–Trinajstić information content (AvgIpc) is 3.11. The maximum absolute atomic E-state index is 12.6. The first kappa shape index (κ1) is 18.9. The summed E-state index contributed by atoms with van der Waals surface area (Å²) in [7, 11) is 4.16. The molecule has 2 unspecified atom stereocenters. The van der Waals surface area contributed by atoms with E-state index in [-0.39, 0.29) is 18.2 Å².